The van der Waals surface area contributed by atoms with E-state index in [4.69, 9.17) is 6.42 Å². The molecule has 0 bridgehead atoms. The van der Waals surface area contributed by atoms with E-state index in [9.17, 15) is 0 Å². The van der Waals surface area contributed by atoms with E-state index in [0.717, 1.165) is 5.56 Å². The maximum atomic E-state index is 5.34. The summed E-state index contributed by atoms with van der Waals surface area (Å²) in [5.74, 6) is 2.68. The summed E-state index contributed by atoms with van der Waals surface area (Å²) in [5, 5.41) is 3.05. The van der Waals surface area contributed by atoms with Gasteiger partial charge < -0.3 is 5.32 Å². The largest absolute Gasteiger partial charge is 0.303 e. The number of rotatable bonds is 2. The predicted molar refractivity (Wildman–Crippen MR) is 51.8 cm³/mol. The Labute approximate surface area is 73.8 Å². The van der Waals surface area contributed by atoms with E-state index in [-0.39, 0.29) is 6.04 Å². The van der Waals surface area contributed by atoms with Crippen molar-refractivity contribution in [3.63, 3.8) is 0 Å². The molecule has 0 radical (unpaired) electrons. The van der Waals surface area contributed by atoms with Crippen LogP contribution in [0.15, 0.2) is 24.3 Å². The van der Waals surface area contributed by atoms with Gasteiger partial charge in [-0.05, 0) is 19.5 Å². The van der Waals surface area contributed by atoms with Gasteiger partial charge in [-0.1, -0.05) is 35.7 Å². The lowest BCUT2D eigenvalue weighted by atomic mass is 10.1. The number of aryl methyl sites for hydroxylation is 1. The van der Waals surface area contributed by atoms with Crippen molar-refractivity contribution in [2.45, 2.75) is 13.0 Å². The van der Waals surface area contributed by atoms with Crippen LogP contribution in [0.4, 0.5) is 0 Å². The molecular formula is C11H13N. The topological polar surface area (TPSA) is 12.0 Å². The summed E-state index contributed by atoms with van der Waals surface area (Å²) in [6, 6.07) is 8.27. The number of hydrogen-bond donors (Lipinski definition) is 1. The third kappa shape index (κ3) is 1.87. The number of nitrogens with one attached hydrogen (secondary N) is 1. The van der Waals surface area contributed by atoms with Crippen LogP contribution < -0.4 is 5.32 Å². The molecule has 0 amide bonds. The van der Waals surface area contributed by atoms with E-state index in [2.05, 4.69) is 42.4 Å². The van der Waals surface area contributed by atoms with E-state index in [1.54, 1.807) is 0 Å². The minimum absolute atomic E-state index is 0.0330. The molecule has 0 aromatic heterocycles. The molecule has 0 aliphatic carbocycles. The molecule has 0 aliphatic heterocycles. The molecule has 0 fully saturated rings. The molecule has 1 atom stereocenters. The van der Waals surface area contributed by atoms with Crippen molar-refractivity contribution in [2.75, 3.05) is 7.05 Å². The highest BCUT2D eigenvalue weighted by molar-refractivity contribution is 5.28. The lowest BCUT2D eigenvalue weighted by Gasteiger charge is -2.09. The Balaban J connectivity index is 2.89. The molecule has 1 aromatic rings. The van der Waals surface area contributed by atoms with Crippen molar-refractivity contribution in [1.29, 1.82) is 0 Å². The van der Waals surface area contributed by atoms with Crippen molar-refractivity contribution in [3.8, 4) is 12.3 Å². The van der Waals surface area contributed by atoms with E-state index >= 15 is 0 Å². The molecule has 0 saturated heterocycles. The number of benzene rings is 1. The van der Waals surface area contributed by atoms with Gasteiger partial charge in [0.1, 0.15) is 0 Å². The highest BCUT2D eigenvalue weighted by Crippen LogP contribution is 2.11. The Kier molecular flexibility index (Phi) is 2.90. The highest BCUT2D eigenvalue weighted by atomic mass is 14.9. The van der Waals surface area contributed by atoms with Gasteiger partial charge in [0.05, 0.1) is 6.04 Å². The second kappa shape index (κ2) is 3.94. The fraction of sp³-hybridized carbons (Fsp3) is 0.273. The van der Waals surface area contributed by atoms with Gasteiger partial charge in [-0.25, -0.2) is 0 Å². The maximum absolute atomic E-state index is 5.34. The molecule has 1 nitrogen and oxygen atoms in total. The van der Waals surface area contributed by atoms with Gasteiger partial charge in [0, 0.05) is 0 Å². The van der Waals surface area contributed by atoms with Crippen LogP contribution in [0.2, 0.25) is 0 Å². The van der Waals surface area contributed by atoms with Crippen LogP contribution in [0.1, 0.15) is 17.2 Å². The third-order valence-electron chi connectivity index (χ3n) is 1.87. The van der Waals surface area contributed by atoms with Crippen molar-refractivity contribution in [2.24, 2.45) is 0 Å². The molecular weight excluding hydrogens is 146 g/mol. The molecule has 1 N–H and O–H groups in total. The second-order valence-electron chi connectivity index (χ2n) is 2.80. The van der Waals surface area contributed by atoms with Gasteiger partial charge in [0.2, 0.25) is 0 Å². The first kappa shape index (κ1) is 8.83. The first-order valence-corrected chi connectivity index (χ1v) is 3.98. The SMILES string of the molecule is C#C[C@@H](NC)c1ccc(C)cc1. The molecule has 1 rings (SSSR count). The summed E-state index contributed by atoms with van der Waals surface area (Å²) in [5.41, 5.74) is 2.40. The van der Waals surface area contributed by atoms with Gasteiger partial charge in [-0.2, -0.15) is 0 Å². The second-order valence-corrected chi connectivity index (χ2v) is 2.80. The van der Waals surface area contributed by atoms with Crippen LogP contribution >= 0.6 is 0 Å². The predicted octanol–water partition coefficient (Wildman–Crippen LogP) is 1.89. The molecule has 1 heteroatoms. The van der Waals surface area contributed by atoms with E-state index in [1.807, 2.05) is 7.05 Å². The smallest absolute Gasteiger partial charge is 0.0940 e. The molecule has 1 aromatic carbocycles. The molecule has 12 heavy (non-hydrogen) atoms. The minimum atomic E-state index is 0.0330. The normalized spacial score (nSPS) is 12.1. The molecule has 0 unspecified atom stereocenters. The Morgan fingerprint density at radius 1 is 1.33 bits per heavy atom. The average molecular weight is 159 g/mol. The van der Waals surface area contributed by atoms with Gasteiger partial charge in [0.25, 0.3) is 0 Å². The average Bonchev–Trinajstić information content (AvgIpc) is 2.10. The van der Waals surface area contributed by atoms with Crippen LogP contribution in [-0.4, -0.2) is 7.05 Å². The first-order chi connectivity index (χ1) is 5.77. The maximum Gasteiger partial charge on any atom is 0.0940 e. The fourth-order valence-electron chi connectivity index (χ4n) is 1.11. The van der Waals surface area contributed by atoms with Crippen LogP contribution in [-0.2, 0) is 0 Å². The lowest BCUT2D eigenvalue weighted by molar-refractivity contribution is 0.736. The minimum Gasteiger partial charge on any atom is -0.303 e. The van der Waals surface area contributed by atoms with Crippen molar-refractivity contribution in [3.05, 3.63) is 35.4 Å². The summed E-state index contributed by atoms with van der Waals surface area (Å²) < 4.78 is 0. The lowest BCUT2D eigenvalue weighted by Crippen LogP contribution is -2.13. The van der Waals surface area contributed by atoms with Crippen LogP contribution in [0, 0.1) is 19.3 Å². The quantitative estimate of drug-likeness (QED) is 0.650. The molecule has 0 saturated carbocycles. The van der Waals surface area contributed by atoms with Gasteiger partial charge in [-0.15, -0.1) is 6.42 Å². The Hall–Kier alpha value is -1.26. The van der Waals surface area contributed by atoms with E-state index in [1.165, 1.54) is 5.56 Å². The zero-order valence-corrected chi connectivity index (χ0v) is 7.46. The van der Waals surface area contributed by atoms with Crippen LogP contribution in [0.3, 0.4) is 0 Å². The number of terminal acetylenes is 1. The van der Waals surface area contributed by atoms with Crippen LogP contribution in [0.25, 0.3) is 0 Å². The Morgan fingerprint density at radius 3 is 2.33 bits per heavy atom. The molecule has 0 heterocycles. The summed E-state index contributed by atoms with van der Waals surface area (Å²) >= 11 is 0. The van der Waals surface area contributed by atoms with E-state index in [0.29, 0.717) is 0 Å². The zero-order chi connectivity index (χ0) is 8.97. The van der Waals surface area contributed by atoms with E-state index < -0.39 is 0 Å². The summed E-state index contributed by atoms with van der Waals surface area (Å²) in [6.45, 7) is 2.06. The van der Waals surface area contributed by atoms with Crippen molar-refractivity contribution >= 4 is 0 Å². The highest BCUT2D eigenvalue weighted by Gasteiger charge is 2.02. The number of hydrogen-bond acceptors (Lipinski definition) is 1. The third-order valence-corrected chi connectivity index (χ3v) is 1.87. The van der Waals surface area contributed by atoms with Crippen LogP contribution in [0.5, 0.6) is 0 Å². The standard InChI is InChI=1S/C11H13N/c1-4-11(12-3)10-7-5-9(2)6-8-10/h1,5-8,11-12H,2-3H3/t11-/m1/s1. The zero-order valence-electron chi connectivity index (χ0n) is 7.46. The summed E-state index contributed by atoms with van der Waals surface area (Å²) in [6.07, 6.45) is 5.34. The van der Waals surface area contributed by atoms with Gasteiger partial charge in [-0.3, -0.25) is 0 Å². The van der Waals surface area contributed by atoms with Gasteiger partial charge in [0.15, 0.2) is 0 Å². The summed E-state index contributed by atoms with van der Waals surface area (Å²) in [4.78, 5) is 0. The monoisotopic (exact) mass is 159 g/mol. The molecule has 0 spiro atoms. The molecule has 0 aliphatic rings. The Morgan fingerprint density at radius 2 is 1.92 bits per heavy atom. The summed E-state index contributed by atoms with van der Waals surface area (Å²) in [7, 11) is 1.87. The van der Waals surface area contributed by atoms with Crippen molar-refractivity contribution in [1.82, 2.24) is 5.32 Å². The molecule has 62 valence electrons. The Bertz CT molecular complexity index is 279. The first-order valence-electron chi connectivity index (χ1n) is 3.98. The fourth-order valence-corrected chi connectivity index (χ4v) is 1.11. The van der Waals surface area contributed by atoms with Gasteiger partial charge >= 0.3 is 0 Å². The van der Waals surface area contributed by atoms with Crippen molar-refractivity contribution < 1.29 is 0 Å².